The Labute approximate surface area is 162 Å². The van der Waals surface area contributed by atoms with Crippen LogP contribution in [0.4, 0.5) is 0 Å². The van der Waals surface area contributed by atoms with E-state index < -0.39 is 10.0 Å². The highest BCUT2D eigenvalue weighted by Gasteiger charge is 2.33. The Hall–Kier alpha value is -1.05. The summed E-state index contributed by atoms with van der Waals surface area (Å²) in [7, 11) is -1.65. The lowest BCUT2D eigenvalue weighted by molar-refractivity contribution is -0.128. The average molecular weight is 399 g/mol. The van der Waals surface area contributed by atoms with Gasteiger partial charge in [0, 0.05) is 20.1 Å². The molecule has 26 heavy (non-hydrogen) atoms. The number of hydrogen-bond donors (Lipinski definition) is 0. The maximum atomic E-state index is 12.3. The molecular formula is C19H30N2O3S2. The lowest BCUT2D eigenvalue weighted by Crippen LogP contribution is -2.38. The van der Waals surface area contributed by atoms with Gasteiger partial charge < -0.3 is 4.90 Å². The van der Waals surface area contributed by atoms with Gasteiger partial charge in [0.2, 0.25) is 15.9 Å². The summed E-state index contributed by atoms with van der Waals surface area (Å²) in [6, 6.07) is 8.41. The molecule has 1 heterocycles. The zero-order valence-corrected chi connectivity index (χ0v) is 18.0. The molecular weight excluding hydrogens is 368 g/mol. The Kier molecular flexibility index (Phi) is 6.80. The molecule has 2 rings (SSSR count). The van der Waals surface area contributed by atoms with Gasteiger partial charge in [0.05, 0.1) is 11.5 Å². The molecule has 0 radical (unpaired) electrons. The number of sulfonamides is 1. The SMILES string of the molecule is CCCS(=O)(=O)N(C)CCN1C(=O)CS[C@H]1c1ccc(C(C)(C)C)cc1. The third kappa shape index (κ3) is 5.02. The Bertz CT molecular complexity index is 724. The van der Waals surface area contributed by atoms with Gasteiger partial charge in [0.15, 0.2) is 0 Å². The van der Waals surface area contributed by atoms with Crippen molar-refractivity contribution in [3.05, 3.63) is 35.4 Å². The molecule has 1 aromatic carbocycles. The van der Waals surface area contributed by atoms with Gasteiger partial charge in [-0.25, -0.2) is 12.7 Å². The second-order valence-electron chi connectivity index (χ2n) is 7.76. The highest BCUT2D eigenvalue weighted by atomic mass is 32.2. The lowest BCUT2D eigenvalue weighted by Gasteiger charge is -2.27. The van der Waals surface area contributed by atoms with Crippen LogP contribution in [0.15, 0.2) is 24.3 Å². The largest absolute Gasteiger partial charge is 0.325 e. The molecule has 7 heteroatoms. The number of hydrogen-bond acceptors (Lipinski definition) is 4. The van der Waals surface area contributed by atoms with Crippen molar-refractivity contribution in [2.45, 2.75) is 44.9 Å². The minimum absolute atomic E-state index is 0.0428. The van der Waals surface area contributed by atoms with E-state index in [1.54, 1.807) is 23.7 Å². The molecule has 1 atom stereocenters. The summed E-state index contributed by atoms with van der Waals surface area (Å²) in [6.07, 6.45) is 0.591. The quantitative estimate of drug-likeness (QED) is 0.708. The lowest BCUT2D eigenvalue weighted by atomic mass is 9.87. The first-order valence-corrected chi connectivity index (χ1v) is 11.7. The smallest absolute Gasteiger partial charge is 0.233 e. The molecule has 0 N–H and O–H groups in total. The number of rotatable bonds is 7. The summed E-state index contributed by atoms with van der Waals surface area (Å²) < 4.78 is 25.6. The highest BCUT2D eigenvalue weighted by Crippen LogP contribution is 2.39. The third-order valence-corrected chi connectivity index (χ3v) is 7.94. The highest BCUT2D eigenvalue weighted by molar-refractivity contribution is 8.00. The number of likely N-dealkylation sites (N-methyl/N-ethyl adjacent to an activating group) is 1. The van der Waals surface area contributed by atoms with Gasteiger partial charge in [-0.05, 0) is 23.0 Å². The first-order valence-electron chi connectivity index (χ1n) is 9.02. The van der Waals surface area contributed by atoms with Crippen LogP contribution in [-0.2, 0) is 20.2 Å². The fraction of sp³-hybridized carbons (Fsp3) is 0.632. The molecule has 5 nitrogen and oxygen atoms in total. The predicted molar refractivity (Wildman–Crippen MR) is 109 cm³/mol. The molecule has 1 fully saturated rings. The summed E-state index contributed by atoms with van der Waals surface area (Å²) in [5, 5.41) is -0.0428. The Morgan fingerprint density at radius 2 is 1.85 bits per heavy atom. The summed E-state index contributed by atoms with van der Waals surface area (Å²) in [6.45, 7) is 9.11. The molecule has 146 valence electrons. The number of carbonyl (C=O) groups excluding carboxylic acids is 1. The van der Waals surface area contributed by atoms with E-state index in [4.69, 9.17) is 0 Å². The number of amides is 1. The molecule has 1 aliphatic heterocycles. The molecule has 0 unspecified atom stereocenters. The first kappa shape index (κ1) is 21.3. The Morgan fingerprint density at radius 3 is 2.38 bits per heavy atom. The van der Waals surface area contributed by atoms with Gasteiger partial charge in [0.25, 0.3) is 0 Å². The zero-order chi connectivity index (χ0) is 19.5. The van der Waals surface area contributed by atoms with Gasteiger partial charge in [-0.15, -0.1) is 11.8 Å². The third-order valence-electron chi connectivity index (χ3n) is 4.62. The van der Waals surface area contributed by atoms with Crippen LogP contribution in [0.3, 0.4) is 0 Å². The van der Waals surface area contributed by atoms with Crippen molar-refractivity contribution in [3.8, 4) is 0 Å². The molecule has 0 aromatic heterocycles. The molecule has 1 aromatic rings. The number of nitrogens with zero attached hydrogens (tertiary/aromatic N) is 2. The van der Waals surface area contributed by atoms with Crippen LogP contribution in [-0.4, -0.2) is 55.2 Å². The predicted octanol–water partition coefficient (Wildman–Crippen LogP) is 3.23. The van der Waals surface area contributed by atoms with Crippen molar-refractivity contribution < 1.29 is 13.2 Å². The standard InChI is InChI=1S/C19H30N2O3S2/c1-6-13-26(23,24)20(5)11-12-21-17(22)14-25-18(21)15-7-9-16(10-8-15)19(2,3)4/h7-10,18H,6,11-14H2,1-5H3/t18-/m0/s1. The molecule has 1 amide bonds. The number of thioether (sulfide) groups is 1. The van der Waals surface area contributed by atoms with Gasteiger partial charge in [0.1, 0.15) is 5.37 Å². The molecule has 0 saturated carbocycles. The van der Waals surface area contributed by atoms with Crippen molar-refractivity contribution >= 4 is 27.7 Å². The van der Waals surface area contributed by atoms with Crippen LogP contribution < -0.4 is 0 Å². The van der Waals surface area contributed by atoms with Crippen LogP contribution in [0.1, 0.15) is 50.6 Å². The van der Waals surface area contributed by atoms with E-state index in [1.165, 1.54) is 9.87 Å². The van der Waals surface area contributed by atoms with Crippen LogP contribution >= 0.6 is 11.8 Å². The number of carbonyl (C=O) groups is 1. The summed E-state index contributed by atoms with van der Waals surface area (Å²) >= 11 is 1.60. The van der Waals surface area contributed by atoms with E-state index >= 15 is 0 Å². The Balaban J connectivity index is 2.09. The molecule has 0 aliphatic carbocycles. The molecule has 0 spiro atoms. The van der Waals surface area contributed by atoms with Crippen molar-refractivity contribution in [1.29, 1.82) is 0 Å². The summed E-state index contributed by atoms with van der Waals surface area (Å²) in [4.78, 5) is 14.1. The topological polar surface area (TPSA) is 57.7 Å². The van der Waals surface area contributed by atoms with Crippen molar-refractivity contribution in [2.75, 3.05) is 31.6 Å². The number of benzene rings is 1. The normalized spacial score (nSPS) is 18.8. The van der Waals surface area contributed by atoms with Gasteiger partial charge in [-0.3, -0.25) is 4.79 Å². The monoisotopic (exact) mass is 398 g/mol. The molecule has 1 saturated heterocycles. The minimum atomic E-state index is -3.24. The van der Waals surface area contributed by atoms with Gasteiger partial charge >= 0.3 is 0 Å². The second-order valence-corrected chi connectivity index (χ2v) is 11.0. The Morgan fingerprint density at radius 1 is 1.23 bits per heavy atom. The van der Waals surface area contributed by atoms with Gasteiger partial charge in [-0.2, -0.15) is 0 Å². The minimum Gasteiger partial charge on any atom is -0.325 e. The summed E-state index contributed by atoms with van der Waals surface area (Å²) in [5.41, 5.74) is 2.44. The van der Waals surface area contributed by atoms with Crippen molar-refractivity contribution in [3.63, 3.8) is 0 Å². The van der Waals surface area contributed by atoms with Crippen molar-refractivity contribution in [1.82, 2.24) is 9.21 Å². The van der Waals surface area contributed by atoms with Crippen LogP contribution in [0.25, 0.3) is 0 Å². The maximum absolute atomic E-state index is 12.3. The maximum Gasteiger partial charge on any atom is 0.233 e. The molecule has 0 bridgehead atoms. The first-order chi connectivity index (χ1) is 12.1. The molecule has 1 aliphatic rings. The van der Waals surface area contributed by atoms with Crippen LogP contribution in [0, 0.1) is 0 Å². The average Bonchev–Trinajstić information content (AvgIpc) is 2.92. The van der Waals surface area contributed by atoms with Gasteiger partial charge in [-0.1, -0.05) is 52.0 Å². The summed E-state index contributed by atoms with van der Waals surface area (Å²) in [5.74, 6) is 0.655. The van der Waals surface area contributed by atoms with Crippen LogP contribution in [0.5, 0.6) is 0 Å². The van der Waals surface area contributed by atoms with E-state index in [0.29, 0.717) is 25.3 Å². The van der Waals surface area contributed by atoms with E-state index in [9.17, 15) is 13.2 Å². The van der Waals surface area contributed by atoms with E-state index in [2.05, 4.69) is 45.0 Å². The zero-order valence-electron chi connectivity index (χ0n) is 16.4. The fourth-order valence-electron chi connectivity index (χ4n) is 2.92. The van der Waals surface area contributed by atoms with E-state index in [1.807, 2.05) is 6.92 Å². The van der Waals surface area contributed by atoms with Crippen molar-refractivity contribution in [2.24, 2.45) is 0 Å². The van der Waals surface area contributed by atoms with Crippen LogP contribution in [0.2, 0.25) is 0 Å². The fourth-order valence-corrected chi connectivity index (χ4v) is 5.33. The van der Waals surface area contributed by atoms with E-state index in [-0.39, 0.29) is 22.4 Å². The van der Waals surface area contributed by atoms with E-state index in [0.717, 1.165) is 5.56 Å². The second kappa shape index (κ2) is 8.31.